The average Bonchev–Trinajstić information content (AvgIpc) is 2.63. The van der Waals surface area contributed by atoms with Crippen LogP contribution in [0.3, 0.4) is 0 Å². The quantitative estimate of drug-likeness (QED) is 0.0433. The Labute approximate surface area is 522 Å². The molecular weight excluding hydrogens is 1160 g/mol. The van der Waals surface area contributed by atoms with Crippen molar-refractivity contribution >= 4 is 95.3 Å². The van der Waals surface area contributed by atoms with Crippen molar-refractivity contribution in [3.8, 4) is 0 Å². The molecule has 0 amide bonds. The summed E-state index contributed by atoms with van der Waals surface area (Å²) >= 11 is 0. The van der Waals surface area contributed by atoms with Crippen molar-refractivity contribution in [2.75, 3.05) is 26.4 Å². The summed E-state index contributed by atoms with van der Waals surface area (Å²) in [5.74, 6) is 0. The topological polar surface area (TPSA) is 36.9 Å². The van der Waals surface area contributed by atoms with Gasteiger partial charge in [-0.2, -0.15) is 33.7 Å². The van der Waals surface area contributed by atoms with Crippen molar-refractivity contribution in [1.29, 1.82) is 0 Å². The maximum Gasteiger partial charge on any atom is 0.157 e. The van der Waals surface area contributed by atoms with Crippen molar-refractivity contribution in [2.45, 2.75) is 89.6 Å². The second-order valence-electron chi connectivity index (χ2n) is 22.9. The van der Waals surface area contributed by atoms with E-state index in [2.05, 4.69) is 295 Å². The Morgan fingerprint density at radius 3 is 0.882 bits per heavy atom. The van der Waals surface area contributed by atoms with E-state index in [-0.39, 0.29) is 40.5 Å². The predicted octanol–water partition coefficient (Wildman–Crippen LogP) is 13.5. The van der Waals surface area contributed by atoms with E-state index in [9.17, 15) is 0 Å². The van der Waals surface area contributed by atoms with Gasteiger partial charge >= 0.3 is 0 Å². The molecule has 10 aromatic rings. The summed E-state index contributed by atoms with van der Waals surface area (Å²) in [6.45, 7) is 12.7. The number of rotatable bonds is 20. The molecule has 0 aliphatic carbocycles. The molecule has 4 nitrogen and oxygen atoms in total. The smallest absolute Gasteiger partial charge is 0.157 e. The molecule has 0 unspecified atom stereocenters. The molecule has 0 radical (unpaired) electrons. The van der Waals surface area contributed by atoms with Crippen LogP contribution in [0.4, 0.5) is 0 Å². The molecule has 440 valence electrons. The minimum absolute atomic E-state index is 0. The van der Waals surface area contributed by atoms with E-state index < -0.39 is 31.7 Å². The van der Waals surface area contributed by atoms with Gasteiger partial charge in [0.2, 0.25) is 0 Å². The third-order valence-corrected chi connectivity index (χ3v) is 26.4. The summed E-state index contributed by atoms with van der Waals surface area (Å²) in [7, 11) is -3.04. The summed E-state index contributed by atoms with van der Waals surface area (Å²) in [5, 5.41) is 16.9. The monoisotopic (exact) mass is 1230 g/mol. The maximum absolute atomic E-state index is 5.93. The van der Waals surface area contributed by atoms with Crippen LogP contribution in [0.1, 0.15) is 77.3 Å². The van der Waals surface area contributed by atoms with E-state index >= 15 is 0 Å². The largest absolute Gasteiger partial charge is 0.738 e. The molecule has 0 N–H and O–H groups in total. The number of benzene rings is 8. The molecule has 2 saturated heterocycles. The number of hydrogen-bond donors (Lipinski definition) is 0. The van der Waals surface area contributed by atoms with E-state index in [4.69, 9.17) is 18.9 Å². The zero-order chi connectivity index (χ0) is 57.6. The molecule has 85 heavy (non-hydrogen) atoms. The second kappa shape index (κ2) is 30.4. The zero-order valence-electron chi connectivity index (χ0n) is 49.4. The van der Waals surface area contributed by atoms with Gasteiger partial charge in [0.25, 0.3) is 0 Å². The summed E-state index contributed by atoms with van der Waals surface area (Å²) < 4.78 is 23.7. The third kappa shape index (κ3) is 15.8. The Morgan fingerprint density at radius 2 is 0.612 bits per heavy atom. The number of ether oxygens (including phenoxy) is 4. The molecule has 2 heterocycles. The summed E-state index contributed by atoms with van der Waals surface area (Å²) in [6, 6.07) is 99.1. The Bertz CT molecular complexity index is 2940. The molecule has 0 aromatic heterocycles. The van der Waals surface area contributed by atoms with E-state index in [1.165, 1.54) is 74.8 Å². The van der Waals surface area contributed by atoms with Gasteiger partial charge in [-0.25, -0.2) is 15.8 Å². The molecule has 9 heteroatoms. The van der Waals surface area contributed by atoms with E-state index in [0.717, 1.165) is 65.0 Å². The summed E-state index contributed by atoms with van der Waals surface area (Å²) in [6.07, 6.45) is 5.60. The number of hydrogen-bond acceptors (Lipinski definition) is 4. The molecule has 0 saturated carbocycles. The van der Waals surface area contributed by atoms with Gasteiger partial charge in [0.15, 0.2) is 12.6 Å². The Kier molecular flexibility index (Phi) is 22.4. The average molecular weight is 1240 g/mol. The SMILES string of the molecule is CC(C)(CCC1OCCCO1)[c-]1[cH-][c-](P(c2ccccc2)c2ccccc2)[c-](P(c2ccccc2)c2ccccc2)[cH-]1.CC(C)(CCC1OCCCO1)[c-]1cc(P(c2ccccc2)c2ccccc2)c(P(c2ccccc2)c2ccccc2)c1.[Fe]. The van der Waals surface area contributed by atoms with Crippen LogP contribution in [-0.4, -0.2) is 39.0 Å². The first-order valence-electron chi connectivity index (χ1n) is 29.9. The Balaban J connectivity index is 0.000000187. The molecule has 2 fully saturated rings. The van der Waals surface area contributed by atoms with Gasteiger partial charge in [0.05, 0.1) is 26.4 Å². The fraction of sp³-hybridized carbons (Fsp3) is 0.237. The standard InChI is InChI=1S/2C38H39O2P2.Fe/c2*1-38(2,25-24-37-39-26-15-27-40-37)30-28-35(41(31-16-7-3-8-17-31)32-18-9-4-10-19-32)36(29-30)42(33-20-11-5-12-21-33)34-22-13-6-14-23-34;/h2*3-14,16-23,28-29,37H,15,24-27H2,1-2H3;/q-5;-1;. The van der Waals surface area contributed by atoms with Gasteiger partial charge < -0.3 is 47.3 Å². The van der Waals surface area contributed by atoms with Crippen LogP contribution in [0.25, 0.3) is 0 Å². The van der Waals surface area contributed by atoms with Crippen LogP contribution >= 0.6 is 31.7 Å². The van der Waals surface area contributed by atoms with Crippen molar-refractivity contribution in [1.82, 2.24) is 0 Å². The van der Waals surface area contributed by atoms with Crippen LogP contribution < -0.4 is 63.7 Å². The van der Waals surface area contributed by atoms with Crippen molar-refractivity contribution in [3.63, 3.8) is 0 Å². The van der Waals surface area contributed by atoms with Gasteiger partial charge in [-0.05, 0) is 53.3 Å². The van der Waals surface area contributed by atoms with Crippen molar-refractivity contribution in [3.05, 3.63) is 278 Å². The van der Waals surface area contributed by atoms with Crippen LogP contribution in [0.5, 0.6) is 0 Å². The minimum Gasteiger partial charge on any atom is -0.738 e. The Hall–Kier alpha value is -5.46. The molecule has 2 aliphatic heterocycles. The second-order valence-corrected chi connectivity index (χ2v) is 31.7. The van der Waals surface area contributed by atoms with E-state index in [1.807, 2.05) is 0 Å². The minimum atomic E-state index is -0.761. The molecule has 10 aromatic carbocycles. The van der Waals surface area contributed by atoms with Crippen LogP contribution in [-0.2, 0) is 46.8 Å². The molecule has 2 aliphatic rings. The fourth-order valence-corrected chi connectivity index (χ4v) is 22.1. The van der Waals surface area contributed by atoms with Gasteiger partial charge in [-0.1, -0.05) is 319 Å². The van der Waals surface area contributed by atoms with Gasteiger partial charge in [-0.3, -0.25) is 0 Å². The van der Waals surface area contributed by atoms with Gasteiger partial charge in [0.1, 0.15) is 0 Å². The first-order chi connectivity index (χ1) is 41.2. The molecule has 12 rings (SSSR count). The molecular formula is C76H78FeO4P4-6. The summed E-state index contributed by atoms with van der Waals surface area (Å²) in [4.78, 5) is 0. The van der Waals surface area contributed by atoms with E-state index in [1.54, 1.807) is 0 Å². The van der Waals surface area contributed by atoms with Crippen LogP contribution in [0, 0.1) is 0 Å². The van der Waals surface area contributed by atoms with Crippen LogP contribution in [0.15, 0.2) is 267 Å². The molecule has 0 spiro atoms. The van der Waals surface area contributed by atoms with Gasteiger partial charge in [-0.15, -0.1) is 0 Å². The maximum atomic E-state index is 5.93. The zero-order valence-corrected chi connectivity index (χ0v) is 54.1. The Morgan fingerprint density at radius 1 is 0.365 bits per heavy atom. The van der Waals surface area contributed by atoms with Gasteiger partial charge in [0, 0.05) is 17.1 Å². The molecule has 0 bridgehead atoms. The first kappa shape index (κ1) is 62.6. The predicted molar refractivity (Wildman–Crippen MR) is 364 cm³/mol. The van der Waals surface area contributed by atoms with Crippen molar-refractivity contribution < 1.29 is 36.0 Å². The fourth-order valence-electron chi connectivity index (χ4n) is 11.4. The normalized spacial score (nSPS) is 14.3. The summed E-state index contributed by atoms with van der Waals surface area (Å²) in [5.41, 5.74) is 2.75. The first-order valence-corrected chi connectivity index (χ1v) is 35.3. The van der Waals surface area contributed by atoms with E-state index in [0.29, 0.717) is 0 Å². The van der Waals surface area contributed by atoms with Crippen LogP contribution in [0.2, 0.25) is 0 Å². The van der Waals surface area contributed by atoms with Crippen molar-refractivity contribution in [2.24, 2.45) is 0 Å². The third-order valence-electron chi connectivity index (χ3n) is 16.1. The molecule has 0 atom stereocenters.